The monoisotopic (exact) mass is 424 g/mol. The number of nitrogens with zero attached hydrogens (tertiary/aromatic N) is 1. The van der Waals surface area contributed by atoms with Crippen molar-refractivity contribution < 1.29 is 19.4 Å². The molecular formula is C24H28N2O5. The number of fused-ring (bicyclic) bond motifs is 3. The topological polar surface area (TPSA) is 91.9 Å². The predicted molar refractivity (Wildman–Crippen MR) is 114 cm³/mol. The second-order valence-electron chi connectivity index (χ2n) is 9.97. The number of benzene rings is 1. The summed E-state index contributed by atoms with van der Waals surface area (Å²) in [5, 5.41) is 11.5. The molecule has 2 aromatic rings. The first-order valence-corrected chi connectivity index (χ1v) is 10.8. The molecule has 0 saturated carbocycles. The fraction of sp³-hybridized carbons (Fsp3) is 0.500. The molecule has 2 fully saturated rings. The Hall–Kier alpha value is -2.80. The third kappa shape index (κ3) is 3.31. The fourth-order valence-electron chi connectivity index (χ4n) is 5.20. The Bertz CT molecular complexity index is 1090. The first kappa shape index (κ1) is 20.1. The number of pyridine rings is 1. The van der Waals surface area contributed by atoms with E-state index in [1.54, 1.807) is 6.07 Å². The summed E-state index contributed by atoms with van der Waals surface area (Å²) in [5.41, 5.74) is 0.158. The van der Waals surface area contributed by atoms with Crippen molar-refractivity contribution >= 4 is 5.91 Å². The minimum Gasteiger partial charge on any atom is -0.454 e. The number of aromatic amines is 1. The summed E-state index contributed by atoms with van der Waals surface area (Å²) in [5.74, 6) is 1.07. The molecule has 7 nitrogen and oxygen atoms in total. The molecule has 164 valence electrons. The summed E-state index contributed by atoms with van der Waals surface area (Å²) >= 11 is 0. The number of ether oxygens (including phenoxy) is 2. The largest absolute Gasteiger partial charge is 0.454 e. The van der Waals surface area contributed by atoms with Crippen LogP contribution >= 0.6 is 0 Å². The van der Waals surface area contributed by atoms with Crippen LogP contribution in [0.1, 0.15) is 68.1 Å². The van der Waals surface area contributed by atoms with E-state index < -0.39 is 5.60 Å². The molecule has 0 spiro atoms. The zero-order valence-corrected chi connectivity index (χ0v) is 18.1. The average Bonchev–Trinajstić information content (AvgIpc) is 3.29. The summed E-state index contributed by atoms with van der Waals surface area (Å²) in [6.07, 6.45) is 2.52. The Kier molecular flexibility index (Phi) is 4.45. The van der Waals surface area contributed by atoms with E-state index in [9.17, 15) is 14.7 Å². The van der Waals surface area contributed by atoms with Gasteiger partial charge in [0, 0.05) is 36.0 Å². The molecule has 0 radical (unpaired) electrons. The summed E-state index contributed by atoms with van der Waals surface area (Å²) in [6, 6.07) is 8.79. The smallest absolute Gasteiger partial charge is 0.261 e. The van der Waals surface area contributed by atoms with Gasteiger partial charge in [-0.15, -0.1) is 0 Å². The van der Waals surface area contributed by atoms with E-state index in [4.69, 9.17) is 9.47 Å². The van der Waals surface area contributed by atoms with E-state index in [1.807, 2.05) is 49.9 Å². The quantitative estimate of drug-likeness (QED) is 0.773. The van der Waals surface area contributed by atoms with Crippen molar-refractivity contribution in [1.29, 1.82) is 0 Å². The number of hydrogen-bond acceptors (Lipinski definition) is 5. The minimum absolute atomic E-state index is 0.108. The van der Waals surface area contributed by atoms with Gasteiger partial charge in [0.15, 0.2) is 11.5 Å². The van der Waals surface area contributed by atoms with Crippen molar-refractivity contribution in [3.8, 4) is 11.5 Å². The standard InChI is InChI=1S/C24H28N2O5/c1-23(2,3)20-9-7-17(21(27)25-20)22(28)26-15-5-6-16(26)12-24(29,11-15)14-4-8-18-19(10-14)31-13-30-18/h4,7-10,15-16,29H,5-6,11-13H2,1-3H3,(H,25,27)/t15-,16-/m0/s1. The molecule has 4 heterocycles. The third-order valence-corrected chi connectivity index (χ3v) is 6.86. The Balaban J connectivity index is 1.40. The summed E-state index contributed by atoms with van der Waals surface area (Å²) in [6.45, 7) is 6.23. The lowest BCUT2D eigenvalue weighted by molar-refractivity contribution is -0.0480. The fourth-order valence-corrected chi connectivity index (χ4v) is 5.20. The molecule has 0 aliphatic carbocycles. The second kappa shape index (κ2) is 6.85. The lowest BCUT2D eigenvalue weighted by Gasteiger charge is -2.44. The van der Waals surface area contributed by atoms with E-state index in [0.717, 1.165) is 24.1 Å². The SMILES string of the molecule is CC(C)(C)c1ccc(C(=O)N2[C@H]3CC[C@H]2CC(O)(c2ccc4c(c2)OCO4)C3)c(=O)[nH]1. The van der Waals surface area contributed by atoms with E-state index in [0.29, 0.717) is 24.3 Å². The van der Waals surface area contributed by atoms with E-state index in [-0.39, 0.29) is 41.3 Å². The molecule has 1 aromatic carbocycles. The van der Waals surface area contributed by atoms with Crippen LogP contribution in [0.3, 0.4) is 0 Å². The number of carbonyl (C=O) groups excluding carboxylic acids is 1. The van der Waals surface area contributed by atoms with Gasteiger partial charge in [0.05, 0.1) is 5.60 Å². The highest BCUT2D eigenvalue weighted by Crippen LogP contribution is 2.47. The molecule has 2 atom stereocenters. The summed E-state index contributed by atoms with van der Waals surface area (Å²) < 4.78 is 10.8. The van der Waals surface area contributed by atoms with Gasteiger partial charge in [-0.05, 0) is 42.7 Å². The van der Waals surface area contributed by atoms with Crippen LogP contribution in [0.25, 0.3) is 0 Å². The molecule has 2 saturated heterocycles. The highest BCUT2D eigenvalue weighted by atomic mass is 16.7. The van der Waals surface area contributed by atoms with Gasteiger partial charge in [0.2, 0.25) is 6.79 Å². The van der Waals surface area contributed by atoms with Crippen LogP contribution in [0.15, 0.2) is 35.1 Å². The molecule has 7 heteroatoms. The molecule has 2 bridgehead atoms. The molecule has 0 unspecified atom stereocenters. The molecule has 31 heavy (non-hydrogen) atoms. The van der Waals surface area contributed by atoms with Crippen molar-refractivity contribution in [2.75, 3.05) is 6.79 Å². The van der Waals surface area contributed by atoms with Gasteiger partial charge >= 0.3 is 0 Å². The van der Waals surface area contributed by atoms with Crippen LogP contribution in [-0.2, 0) is 11.0 Å². The van der Waals surface area contributed by atoms with Gasteiger partial charge in [0.25, 0.3) is 11.5 Å². The van der Waals surface area contributed by atoms with E-state index >= 15 is 0 Å². The zero-order valence-electron chi connectivity index (χ0n) is 18.1. The maximum Gasteiger partial charge on any atom is 0.261 e. The number of hydrogen-bond donors (Lipinski definition) is 2. The van der Waals surface area contributed by atoms with Crippen LogP contribution in [0, 0.1) is 0 Å². The first-order valence-electron chi connectivity index (χ1n) is 10.8. The van der Waals surface area contributed by atoms with Crippen LogP contribution in [0.5, 0.6) is 11.5 Å². The Labute approximate surface area is 181 Å². The van der Waals surface area contributed by atoms with Gasteiger partial charge in [-0.25, -0.2) is 0 Å². The van der Waals surface area contributed by atoms with Crippen molar-refractivity contribution in [3.05, 3.63) is 57.5 Å². The molecule has 3 aliphatic rings. The number of rotatable bonds is 2. The maximum atomic E-state index is 13.3. The van der Waals surface area contributed by atoms with Gasteiger partial charge in [-0.3, -0.25) is 9.59 Å². The highest BCUT2D eigenvalue weighted by Gasteiger charge is 2.50. The normalized spacial score (nSPS) is 26.9. The van der Waals surface area contributed by atoms with Crippen molar-refractivity contribution in [2.45, 2.75) is 69.6 Å². The van der Waals surface area contributed by atoms with Crippen LogP contribution in [0.2, 0.25) is 0 Å². The first-order chi connectivity index (χ1) is 14.7. The number of H-pyrrole nitrogens is 1. The molecule has 5 rings (SSSR count). The summed E-state index contributed by atoms with van der Waals surface area (Å²) in [4.78, 5) is 30.7. The molecular weight excluding hydrogens is 396 g/mol. The van der Waals surface area contributed by atoms with Gasteiger partial charge < -0.3 is 24.5 Å². The average molecular weight is 424 g/mol. The van der Waals surface area contributed by atoms with Crippen molar-refractivity contribution in [1.82, 2.24) is 9.88 Å². The molecule has 3 aliphatic heterocycles. The lowest BCUT2D eigenvalue weighted by atomic mass is 9.80. The maximum absolute atomic E-state index is 13.3. The molecule has 1 amide bonds. The second-order valence-corrected chi connectivity index (χ2v) is 9.97. The minimum atomic E-state index is -1.04. The molecule has 1 aromatic heterocycles. The van der Waals surface area contributed by atoms with Gasteiger partial charge in [-0.2, -0.15) is 0 Å². The van der Waals surface area contributed by atoms with Crippen molar-refractivity contribution in [3.63, 3.8) is 0 Å². The predicted octanol–water partition coefficient (Wildman–Crippen LogP) is 3.06. The van der Waals surface area contributed by atoms with Crippen LogP contribution in [-0.4, -0.2) is 39.8 Å². The summed E-state index contributed by atoms with van der Waals surface area (Å²) in [7, 11) is 0. The number of aromatic nitrogens is 1. The molecule has 2 N–H and O–H groups in total. The number of aliphatic hydroxyl groups is 1. The third-order valence-electron chi connectivity index (χ3n) is 6.86. The number of carbonyl (C=O) groups is 1. The Morgan fingerprint density at radius 1 is 1.10 bits per heavy atom. The zero-order chi connectivity index (χ0) is 22.0. The van der Waals surface area contributed by atoms with Crippen LogP contribution in [0.4, 0.5) is 0 Å². The van der Waals surface area contributed by atoms with Crippen molar-refractivity contribution in [2.24, 2.45) is 0 Å². The van der Waals surface area contributed by atoms with E-state index in [1.165, 1.54) is 0 Å². The van der Waals surface area contributed by atoms with E-state index in [2.05, 4.69) is 4.98 Å². The number of nitrogens with one attached hydrogen (secondary N) is 1. The Morgan fingerprint density at radius 3 is 2.42 bits per heavy atom. The lowest BCUT2D eigenvalue weighted by Crippen LogP contribution is -2.52. The van der Waals surface area contributed by atoms with Crippen LogP contribution < -0.4 is 15.0 Å². The van der Waals surface area contributed by atoms with Gasteiger partial charge in [0.1, 0.15) is 5.56 Å². The highest BCUT2D eigenvalue weighted by molar-refractivity contribution is 5.94. The Morgan fingerprint density at radius 2 is 1.77 bits per heavy atom. The van der Waals surface area contributed by atoms with Gasteiger partial charge in [-0.1, -0.05) is 26.8 Å². The number of amides is 1. The number of piperidine rings is 1.